The van der Waals surface area contributed by atoms with Crippen LogP contribution in [0.5, 0.6) is 0 Å². The van der Waals surface area contributed by atoms with Crippen molar-refractivity contribution in [3.05, 3.63) is 25.3 Å². The minimum atomic E-state index is 0.487. The van der Waals surface area contributed by atoms with Crippen LogP contribution in [0.1, 0.15) is 13.8 Å². The van der Waals surface area contributed by atoms with Gasteiger partial charge in [0.1, 0.15) is 0 Å². The summed E-state index contributed by atoms with van der Waals surface area (Å²) in [5, 5.41) is 0. The number of hydrogen-bond donors (Lipinski definition) is 1. The summed E-state index contributed by atoms with van der Waals surface area (Å²) in [6.45, 7) is 14.4. The summed E-state index contributed by atoms with van der Waals surface area (Å²) in [4.78, 5) is 2.32. The molecule has 0 aromatic carbocycles. The van der Waals surface area contributed by atoms with Crippen molar-refractivity contribution in [3.8, 4) is 0 Å². The lowest BCUT2D eigenvalue weighted by atomic mass is 10.0. The minimum Gasteiger partial charge on any atom is -0.330 e. The number of nitrogens with two attached hydrogens (primary N) is 1. The van der Waals surface area contributed by atoms with Crippen LogP contribution in [0.3, 0.4) is 0 Å². The van der Waals surface area contributed by atoms with Crippen molar-refractivity contribution in [1.82, 2.24) is 4.90 Å². The molecule has 0 heterocycles. The Kier molecular flexibility index (Phi) is 6.55. The molecule has 0 rings (SSSR count). The molecule has 2 nitrogen and oxygen atoms in total. The summed E-state index contributed by atoms with van der Waals surface area (Å²) in [5.41, 5.74) is 5.62. The van der Waals surface area contributed by atoms with Gasteiger partial charge in [-0.1, -0.05) is 19.1 Å². The second-order valence-corrected chi connectivity index (χ2v) is 3.48. The fourth-order valence-corrected chi connectivity index (χ4v) is 1.30. The zero-order valence-corrected chi connectivity index (χ0v) is 8.87. The van der Waals surface area contributed by atoms with Crippen LogP contribution in [-0.2, 0) is 0 Å². The molecule has 0 saturated carbocycles. The molecule has 13 heavy (non-hydrogen) atoms. The SMILES string of the molecule is C=CCN(CC=C)C(C)C(C)CN. The standard InChI is InChI=1S/C11H22N2/c1-5-7-13(8-6-2)11(4)10(3)9-12/h5-6,10-11H,1-2,7-9,12H2,3-4H3. The molecule has 2 N–H and O–H groups in total. The average molecular weight is 182 g/mol. The van der Waals surface area contributed by atoms with Gasteiger partial charge in [-0.15, -0.1) is 13.2 Å². The zero-order valence-electron chi connectivity index (χ0n) is 8.87. The Morgan fingerprint density at radius 3 is 2.00 bits per heavy atom. The second kappa shape index (κ2) is 6.87. The van der Waals surface area contributed by atoms with Crippen LogP contribution in [-0.4, -0.2) is 30.6 Å². The Morgan fingerprint density at radius 2 is 1.69 bits per heavy atom. The summed E-state index contributed by atoms with van der Waals surface area (Å²) >= 11 is 0. The Balaban J connectivity index is 4.15. The van der Waals surface area contributed by atoms with Crippen LogP contribution in [0.2, 0.25) is 0 Å². The average Bonchev–Trinajstić information content (AvgIpc) is 2.15. The third-order valence-electron chi connectivity index (χ3n) is 2.50. The maximum absolute atomic E-state index is 5.62. The first kappa shape index (κ1) is 12.4. The highest BCUT2D eigenvalue weighted by atomic mass is 15.1. The molecule has 0 amide bonds. The topological polar surface area (TPSA) is 29.3 Å². The summed E-state index contributed by atoms with van der Waals surface area (Å²) in [5.74, 6) is 0.514. The fourth-order valence-electron chi connectivity index (χ4n) is 1.30. The van der Waals surface area contributed by atoms with E-state index in [0.717, 1.165) is 19.6 Å². The van der Waals surface area contributed by atoms with Crippen molar-refractivity contribution in [2.45, 2.75) is 19.9 Å². The molecule has 0 aromatic heterocycles. The third-order valence-corrected chi connectivity index (χ3v) is 2.50. The van der Waals surface area contributed by atoms with Gasteiger partial charge in [0.15, 0.2) is 0 Å². The highest BCUT2D eigenvalue weighted by molar-refractivity contribution is 4.84. The van der Waals surface area contributed by atoms with Gasteiger partial charge in [-0.2, -0.15) is 0 Å². The van der Waals surface area contributed by atoms with Crippen LogP contribution in [0, 0.1) is 5.92 Å². The Morgan fingerprint density at radius 1 is 1.23 bits per heavy atom. The van der Waals surface area contributed by atoms with Gasteiger partial charge in [-0.05, 0) is 19.4 Å². The lowest BCUT2D eigenvalue weighted by Crippen LogP contribution is -2.40. The summed E-state index contributed by atoms with van der Waals surface area (Å²) in [7, 11) is 0. The number of rotatable bonds is 7. The van der Waals surface area contributed by atoms with Gasteiger partial charge in [0.2, 0.25) is 0 Å². The van der Waals surface area contributed by atoms with E-state index in [1.165, 1.54) is 0 Å². The number of nitrogens with zero attached hydrogens (tertiary/aromatic N) is 1. The van der Waals surface area contributed by atoms with Gasteiger partial charge < -0.3 is 5.73 Å². The van der Waals surface area contributed by atoms with Gasteiger partial charge in [0, 0.05) is 19.1 Å². The molecule has 2 atom stereocenters. The molecule has 0 saturated heterocycles. The molecular weight excluding hydrogens is 160 g/mol. The quantitative estimate of drug-likeness (QED) is 0.607. The van der Waals surface area contributed by atoms with Crippen LogP contribution in [0.15, 0.2) is 25.3 Å². The molecule has 0 aliphatic carbocycles. The monoisotopic (exact) mass is 182 g/mol. The maximum atomic E-state index is 5.62. The summed E-state index contributed by atoms with van der Waals surface area (Å²) in [6, 6.07) is 0.487. The molecular formula is C11H22N2. The van der Waals surface area contributed by atoms with E-state index >= 15 is 0 Å². The molecule has 0 radical (unpaired) electrons. The predicted octanol–water partition coefficient (Wildman–Crippen LogP) is 1.64. The Labute approximate surface area is 82.1 Å². The van der Waals surface area contributed by atoms with Gasteiger partial charge in [0.05, 0.1) is 0 Å². The summed E-state index contributed by atoms with van der Waals surface area (Å²) < 4.78 is 0. The molecule has 76 valence electrons. The van der Waals surface area contributed by atoms with E-state index in [-0.39, 0.29) is 0 Å². The van der Waals surface area contributed by atoms with E-state index in [1.54, 1.807) is 0 Å². The zero-order chi connectivity index (χ0) is 10.3. The first-order valence-electron chi connectivity index (χ1n) is 4.83. The molecule has 0 aliphatic rings. The summed E-state index contributed by atoms with van der Waals surface area (Å²) in [6.07, 6.45) is 3.84. The second-order valence-electron chi connectivity index (χ2n) is 3.48. The van der Waals surface area contributed by atoms with Crippen molar-refractivity contribution >= 4 is 0 Å². The Hall–Kier alpha value is -0.600. The van der Waals surface area contributed by atoms with Crippen LogP contribution < -0.4 is 5.73 Å². The molecule has 0 bridgehead atoms. The smallest absolute Gasteiger partial charge is 0.0166 e. The van der Waals surface area contributed by atoms with E-state index in [9.17, 15) is 0 Å². The molecule has 2 unspecified atom stereocenters. The van der Waals surface area contributed by atoms with Crippen molar-refractivity contribution in [1.29, 1.82) is 0 Å². The minimum absolute atomic E-state index is 0.487. The van der Waals surface area contributed by atoms with Crippen molar-refractivity contribution < 1.29 is 0 Å². The van der Waals surface area contributed by atoms with Gasteiger partial charge in [-0.25, -0.2) is 0 Å². The predicted molar refractivity (Wildman–Crippen MR) is 59.6 cm³/mol. The van der Waals surface area contributed by atoms with Gasteiger partial charge in [0.25, 0.3) is 0 Å². The first-order chi connectivity index (χ1) is 6.17. The maximum Gasteiger partial charge on any atom is 0.0166 e. The first-order valence-corrected chi connectivity index (χ1v) is 4.83. The van der Waals surface area contributed by atoms with E-state index in [1.807, 2.05) is 12.2 Å². The fraction of sp³-hybridized carbons (Fsp3) is 0.636. The lowest BCUT2D eigenvalue weighted by Gasteiger charge is -2.30. The largest absolute Gasteiger partial charge is 0.330 e. The van der Waals surface area contributed by atoms with Gasteiger partial charge in [-0.3, -0.25) is 4.90 Å². The van der Waals surface area contributed by atoms with E-state index in [0.29, 0.717) is 12.0 Å². The van der Waals surface area contributed by atoms with Gasteiger partial charge >= 0.3 is 0 Å². The van der Waals surface area contributed by atoms with Crippen molar-refractivity contribution in [2.24, 2.45) is 11.7 Å². The molecule has 0 spiro atoms. The van der Waals surface area contributed by atoms with E-state index in [4.69, 9.17) is 5.73 Å². The van der Waals surface area contributed by atoms with Crippen LogP contribution in [0.4, 0.5) is 0 Å². The lowest BCUT2D eigenvalue weighted by molar-refractivity contribution is 0.200. The molecule has 0 aromatic rings. The molecule has 0 aliphatic heterocycles. The van der Waals surface area contributed by atoms with Crippen LogP contribution >= 0.6 is 0 Å². The van der Waals surface area contributed by atoms with E-state index in [2.05, 4.69) is 31.9 Å². The molecule has 0 fully saturated rings. The van der Waals surface area contributed by atoms with Crippen molar-refractivity contribution in [2.75, 3.05) is 19.6 Å². The highest BCUT2D eigenvalue weighted by Gasteiger charge is 2.16. The highest BCUT2D eigenvalue weighted by Crippen LogP contribution is 2.09. The third kappa shape index (κ3) is 4.25. The van der Waals surface area contributed by atoms with Crippen molar-refractivity contribution in [3.63, 3.8) is 0 Å². The van der Waals surface area contributed by atoms with E-state index < -0.39 is 0 Å². The normalized spacial score (nSPS) is 15.4. The number of hydrogen-bond acceptors (Lipinski definition) is 2. The van der Waals surface area contributed by atoms with Crippen LogP contribution in [0.25, 0.3) is 0 Å². The molecule has 2 heteroatoms. The Bertz CT molecular complexity index is 144.